The van der Waals surface area contributed by atoms with Crippen LogP contribution < -0.4 is 16.0 Å². The van der Waals surface area contributed by atoms with Crippen LogP contribution in [0.1, 0.15) is 82.7 Å². The molecule has 0 aromatic heterocycles. The summed E-state index contributed by atoms with van der Waals surface area (Å²) in [6.07, 6.45) is 4.95. The molecular weight excluding hydrogens is 474 g/mol. The summed E-state index contributed by atoms with van der Waals surface area (Å²) in [4.78, 5) is 13.3. The highest BCUT2D eigenvalue weighted by atomic mass is 28.4. The minimum absolute atomic E-state index is 0.00891. The summed E-state index contributed by atoms with van der Waals surface area (Å²) in [7, 11) is -1.85. The Balaban J connectivity index is 1.47. The van der Waals surface area contributed by atoms with E-state index in [2.05, 4.69) is 101 Å². The Hall–Kier alpha value is -2.31. The lowest BCUT2D eigenvalue weighted by molar-refractivity contribution is 0.165. The SMILES string of the molecule is CC(C)(C)Cc1cccc2c1NCCC2NC(=O)Nc1cccc2c1CC(O[Si](C)(C)C(C)(C)C)CC2. The number of hydrogen-bond acceptors (Lipinski definition) is 3. The van der Waals surface area contributed by atoms with Gasteiger partial charge in [-0.05, 0) is 84.0 Å². The van der Waals surface area contributed by atoms with E-state index in [1.165, 1.54) is 27.9 Å². The third-order valence-corrected chi connectivity index (χ3v) is 12.8. The first-order valence-electron chi connectivity index (χ1n) is 14.0. The second-order valence-electron chi connectivity index (χ2n) is 13.7. The Morgan fingerprint density at radius 1 is 1.05 bits per heavy atom. The molecule has 1 aliphatic carbocycles. The lowest BCUT2D eigenvalue weighted by atomic mass is 9.85. The van der Waals surface area contributed by atoms with Crippen LogP contribution in [0.5, 0.6) is 0 Å². The van der Waals surface area contributed by atoms with Crippen LogP contribution in [-0.2, 0) is 23.7 Å². The Bertz CT molecular complexity index is 1130. The van der Waals surface area contributed by atoms with Gasteiger partial charge >= 0.3 is 6.03 Å². The van der Waals surface area contributed by atoms with Crippen molar-refractivity contribution in [2.45, 2.75) is 104 Å². The van der Waals surface area contributed by atoms with Crippen molar-refractivity contribution in [3.63, 3.8) is 0 Å². The minimum atomic E-state index is -1.85. The van der Waals surface area contributed by atoms with Crippen molar-refractivity contribution in [3.8, 4) is 0 Å². The highest BCUT2D eigenvalue weighted by molar-refractivity contribution is 6.74. The average molecular weight is 522 g/mol. The molecule has 37 heavy (non-hydrogen) atoms. The molecule has 5 nitrogen and oxygen atoms in total. The second-order valence-corrected chi connectivity index (χ2v) is 18.4. The number of hydrogen-bond donors (Lipinski definition) is 3. The molecule has 1 heterocycles. The molecule has 3 N–H and O–H groups in total. The topological polar surface area (TPSA) is 62.4 Å². The predicted molar refractivity (Wildman–Crippen MR) is 158 cm³/mol. The number of aryl methyl sites for hydroxylation is 1. The first kappa shape index (κ1) is 27.7. The summed E-state index contributed by atoms with van der Waals surface area (Å²) >= 11 is 0. The lowest BCUT2D eigenvalue weighted by Gasteiger charge is -2.40. The van der Waals surface area contributed by atoms with E-state index in [4.69, 9.17) is 4.43 Å². The van der Waals surface area contributed by atoms with Crippen LogP contribution in [-0.4, -0.2) is 27.0 Å². The van der Waals surface area contributed by atoms with Gasteiger partial charge in [0, 0.05) is 24.0 Å². The summed E-state index contributed by atoms with van der Waals surface area (Å²) in [5, 5.41) is 10.3. The fraction of sp³-hybridized carbons (Fsp3) is 0.581. The maximum atomic E-state index is 13.3. The summed E-state index contributed by atoms with van der Waals surface area (Å²) in [6, 6.07) is 12.6. The first-order chi connectivity index (χ1) is 17.2. The Morgan fingerprint density at radius 2 is 1.78 bits per heavy atom. The smallest absolute Gasteiger partial charge is 0.319 e. The molecular formula is C31H47N3O2Si. The first-order valence-corrected chi connectivity index (χ1v) is 16.9. The number of amides is 2. The van der Waals surface area contributed by atoms with E-state index in [1.807, 2.05) is 6.07 Å². The van der Waals surface area contributed by atoms with Crippen molar-refractivity contribution < 1.29 is 9.22 Å². The van der Waals surface area contributed by atoms with Crippen molar-refractivity contribution in [2.24, 2.45) is 5.41 Å². The molecule has 0 spiro atoms. The Labute approximate surface area is 225 Å². The molecule has 2 aromatic carbocycles. The molecule has 2 unspecified atom stereocenters. The van der Waals surface area contributed by atoms with E-state index in [-0.39, 0.29) is 28.6 Å². The normalized spacial score (nSPS) is 19.9. The van der Waals surface area contributed by atoms with Crippen LogP contribution in [0.2, 0.25) is 18.1 Å². The van der Waals surface area contributed by atoms with Crippen LogP contribution in [0.25, 0.3) is 0 Å². The van der Waals surface area contributed by atoms with Crippen molar-refractivity contribution in [3.05, 3.63) is 58.7 Å². The zero-order valence-corrected chi connectivity index (χ0v) is 25.2. The van der Waals surface area contributed by atoms with Gasteiger partial charge in [-0.25, -0.2) is 4.79 Å². The van der Waals surface area contributed by atoms with Crippen molar-refractivity contribution in [1.82, 2.24) is 5.32 Å². The Kier molecular flexibility index (Phi) is 7.83. The number of rotatable bonds is 5. The number of carbonyl (C=O) groups is 1. The van der Waals surface area contributed by atoms with Crippen LogP contribution in [0.4, 0.5) is 16.2 Å². The van der Waals surface area contributed by atoms with Gasteiger partial charge in [0.15, 0.2) is 8.32 Å². The largest absolute Gasteiger partial charge is 0.414 e. The van der Waals surface area contributed by atoms with Crippen LogP contribution in [0.15, 0.2) is 36.4 Å². The second kappa shape index (κ2) is 10.5. The standard InChI is InChI=1S/C31H47N3O2Si/c1-30(2,3)20-22-12-9-13-24-27(17-18-32-28(22)24)34-29(35)33-26-14-10-11-21-15-16-23(19-25(21)26)36-37(7,8)31(4,5)6/h9-14,23,27,32H,15-20H2,1-8H3,(H2,33,34,35). The van der Waals surface area contributed by atoms with Gasteiger partial charge in [0.2, 0.25) is 0 Å². The third kappa shape index (κ3) is 6.58. The van der Waals surface area contributed by atoms with Crippen LogP contribution in [0, 0.1) is 5.41 Å². The number of benzene rings is 2. The van der Waals surface area contributed by atoms with Gasteiger partial charge in [0.25, 0.3) is 0 Å². The van der Waals surface area contributed by atoms with Gasteiger partial charge in [-0.15, -0.1) is 0 Å². The van der Waals surface area contributed by atoms with Gasteiger partial charge in [0.05, 0.1) is 6.04 Å². The highest BCUT2D eigenvalue weighted by Crippen LogP contribution is 2.40. The van der Waals surface area contributed by atoms with E-state index in [1.54, 1.807) is 0 Å². The monoisotopic (exact) mass is 521 g/mol. The molecule has 2 aliphatic rings. The number of urea groups is 1. The summed E-state index contributed by atoms with van der Waals surface area (Å²) in [5.74, 6) is 0. The van der Waals surface area contributed by atoms with Gasteiger partial charge in [-0.2, -0.15) is 0 Å². The maximum Gasteiger partial charge on any atom is 0.319 e. The highest BCUT2D eigenvalue weighted by Gasteiger charge is 2.40. The minimum Gasteiger partial charge on any atom is -0.414 e. The van der Waals surface area contributed by atoms with E-state index in [9.17, 15) is 4.79 Å². The van der Waals surface area contributed by atoms with E-state index in [0.29, 0.717) is 0 Å². The van der Waals surface area contributed by atoms with Gasteiger partial charge in [-0.3, -0.25) is 0 Å². The molecule has 6 heteroatoms. The van der Waals surface area contributed by atoms with Crippen LogP contribution >= 0.6 is 0 Å². The van der Waals surface area contributed by atoms with Gasteiger partial charge in [0.1, 0.15) is 0 Å². The molecule has 202 valence electrons. The molecule has 0 fully saturated rings. The number of carbonyl (C=O) groups excluding carboxylic acids is 1. The van der Waals surface area contributed by atoms with Crippen molar-refractivity contribution in [1.29, 1.82) is 0 Å². The van der Waals surface area contributed by atoms with Crippen molar-refractivity contribution in [2.75, 3.05) is 17.2 Å². The number of para-hydroxylation sites is 1. The summed E-state index contributed by atoms with van der Waals surface area (Å²) in [6.45, 7) is 19.2. The molecule has 0 bridgehead atoms. The van der Waals surface area contributed by atoms with Crippen LogP contribution in [0.3, 0.4) is 0 Å². The number of anilines is 2. The zero-order valence-electron chi connectivity index (χ0n) is 24.2. The summed E-state index contributed by atoms with van der Waals surface area (Å²) in [5.41, 5.74) is 7.36. The molecule has 0 saturated heterocycles. The zero-order chi connectivity index (χ0) is 27.0. The fourth-order valence-electron chi connectivity index (χ4n) is 5.38. The quantitative estimate of drug-likeness (QED) is 0.351. The number of fused-ring (bicyclic) bond motifs is 2. The molecule has 2 amide bonds. The molecule has 4 rings (SSSR count). The maximum absolute atomic E-state index is 13.3. The summed E-state index contributed by atoms with van der Waals surface area (Å²) < 4.78 is 6.77. The predicted octanol–water partition coefficient (Wildman–Crippen LogP) is 7.83. The molecule has 1 aliphatic heterocycles. The van der Waals surface area contributed by atoms with Gasteiger partial charge < -0.3 is 20.4 Å². The van der Waals surface area contributed by atoms with E-state index < -0.39 is 8.32 Å². The van der Waals surface area contributed by atoms with Crippen molar-refractivity contribution >= 4 is 25.7 Å². The molecule has 2 atom stereocenters. The molecule has 0 radical (unpaired) electrons. The third-order valence-electron chi connectivity index (χ3n) is 8.28. The average Bonchev–Trinajstić information content (AvgIpc) is 2.78. The van der Waals surface area contributed by atoms with Gasteiger partial charge in [-0.1, -0.05) is 71.9 Å². The van der Waals surface area contributed by atoms with E-state index in [0.717, 1.165) is 44.3 Å². The lowest BCUT2D eigenvalue weighted by Crippen LogP contribution is -2.45. The number of nitrogens with one attached hydrogen (secondary N) is 3. The fourth-order valence-corrected chi connectivity index (χ4v) is 6.76. The molecule has 2 aromatic rings. The molecule has 0 saturated carbocycles. The van der Waals surface area contributed by atoms with E-state index >= 15 is 0 Å². The Morgan fingerprint density at radius 3 is 2.49 bits per heavy atom.